The van der Waals surface area contributed by atoms with Gasteiger partial charge in [0.05, 0.1) is 0 Å². The van der Waals surface area contributed by atoms with Crippen LogP contribution in [0.2, 0.25) is 0 Å². The second kappa shape index (κ2) is 7.85. The Balaban J connectivity index is 2.34. The summed E-state index contributed by atoms with van der Waals surface area (Å²) in [6.07, 6.45) is 4.55. The molecule has 0 unspecified atom stereocenters. The molecule has 0 saturated heterocycles. The molecule has 0 aliphatic heterocycles. The van der Waals surface area contributed by atoms with Gasteiger partial charge >= 0.3 is 18.0 Å². The fourth-order valence-corrected chi connectivity index (χ4v) is 2.52. The lowest BCUT2D eigenvalue weighted by atomic mass is 9.67. The lowest BCUT2D eigenvalue weighted by Crippen LogP contribution is -2.50. The van der Waals surface area contributed by atoms with E-state index in [0.717, 1.165) is 19.3 Å². The Labute approximate surface area is 124 Å². The number of carboxylic acids is 2. The molecule has 4 N–H and O–H groups in total. The number of carboxylic acid groups (broad SMARTS) is 2. The third kappa shape index (κ3) is 5.61. The summed E-state index contributed by atoms with van der Waals surface area (Å²) < 4.78 is 0. The van der Waals surface area contributed by atoms with Gasteiger partial charge in [-0.25, -0.2) is 9.59 Å². The van der Waals surface area contributed by atoms with Crippen molar-refractivity contribution in [2.45, 2.75) is 57.9 Å². The van der Waals surface area contributed by atoms with E-state index in [2.05, 4.69) is 17.6 Å². The molecule has 21 heavy (non-hydrogen) atoms. The first-order valence-corrected chi connectivity index (χ1v) is 7.37. The Morgan fingerprint density at radius 1 is 1.24 bits per heavy atom. The van der Waals surface area contributed by atoms with Gasteiger partial charge in [0.25, 0.3) is 0 Å². The van der Waals surface area contributed by atoms with Crippen molar-refractivity contribution in [3.8, 4) is 0 Å². The van der Waals surface area contributed by atoms with E-state index in [1.165, 1.54) is 6.42 Å². The Morgan fingerprint density at radius 2 is 1.90 bits per heavy atom. The maximum absolute atomic E-state index is 11.8. The quantitative estimate of drug-likeness (QED) is 0.516. The van der Waals surface area contributed by atoms with E-state index in [0.29, 0.717) is 6.54 Å². The molecule has 1 aliphatic carbocycles. The second-order valence-corrected chi connectivity index (χ2v) is 5.71. The van der Waals surface area contributed by atoms with Crippen LogP contribution in [0.1, 0.15) is 51.9 Å². The standard InChI is InChI=1S/C14H24N2O5/c1-2-14(7-4-8-14)9-15-13(21)16-10(12(19)20)5-3-6-11(17)18/h10H,2-9H2,1H3,(H,17,18)(H,19,20)(H2,15,16,21)/t10-/m1/s1. The molecule has 1 rings (SSSR count). The van der Waals surface area contributed by atoms with E-state index in [4.69, 9.17) is 10.2 Å². The van der Waals surface area contributed by atoms with Crippen molar-refractivity contribution in [1.29, 1.82) is 0 Å². The van der Waals surface area contributed by atoms with Gasteiger partial charge in [0.2, 0.25) is 0 Å². The van der Waals surface area contributed by atoms with Gasteiger partial charge in [0.15, 0.2) is 0 Å². The predicted molar refractivity (Wildman–Crippen MR) is 76.0 cm³/mol. The average molecular weight is 300 g/mol. The van der Waals surface area contributed by atoms with Crippen LogP contribution in [0.25, 0.3) is 0 Å². The third-order valence-corrected chi connectivity index (χ3v) is 4.28. The van der Waals surface area contributed by atoms with Gasteiger partial charge in [-0.1, -0.05) is 13.3 Å². The first-order chi connectivity index (χ1) is 9.88. The number of hydrogen-bond donors (Lipinski definition) is 4. The zero-order valence-corrected chi connectivity index (χ0v) is 12.4. The minimum atomic E-state index is -1.15. The van der Waals surface area contributed by atoms with Crippen LogP contribution in [0, 0.1) is 5.41 Å². The topological polar surface area (TPSA) is 116 Å². The van der Waals surface area contributed by atoms with Crippen LogP contribution in [0.15, 0.2) is 0 Å². The number of carbonyl (C=O) groups is 3. The van der Waals surface area contributed by atoms with Crippen molar-refractivity contribution in [1.82, 2.24) is 10.6 Å². The maximum atomic E-state index is 11.8. The monoisotopic (exact) mass is 300 g/mol. The lowest BCUT2D eigenvalue weighted by Gasteiger charge is -2.41. The molecular formula is C14H24N2O5. The Morgan fingerprint density at radius 3 is 2.33 bits per heavy atom. The molecule has 7 heteroatoms. The minimum absolute atomic E-state index is 0.105. The van der Waals surface area contributed by atoms with Gasteiger partial charge < -0.3 is 20.8 Å². The zero-order chi connectivity index (χ0) is 15.9. The predicted octanol–water partition coefficient (Wildman–Crippen LogP) is 1.57. The van der Waals surface area contributed by atoms with Crippen molar-refractivity contribution in [2.75, 3.05) is 6.54 Å². The van der Waals surface area contributed by atoms with Crippen LogP contribution < -0.4 is 10.6 Å². The Kier molecular flexibility index (Phi) is 6.45. The largest absolute Gasteiger partial charge is 0.481 e. The SMILES string of the molecule is CCC1(CNC(=O)N[C@H](CCCC(=O)O)C(=O)O)CCC1. The van der Waals surface area contributed by atoms with Gasteiger partial charge in [-0.3, -0.25) is 4.79 Å². The normalized spacial score (nSPS) is 17.4. The molecule has 1 saturated carbocycles. The maximum Gasteiger partial charge on any atom is 0.326 e. The zero-order valence-electron chi connectivity index (χ0n) is 12.4. The number of nitrogens with one attached hydrogen (secondary N) is 2. The van der Waals surface area contributed by atoms with Crippen molar-refractivity contribution in [3.05, 3.63) is 0 Å². The van der Waals surface area contributed by atoms with Crippen LogP contribution in [0.5, 0.6) is 0 Å². The highest BCUT2D eigenvalue weighted by atomic mass is 16.4. The fraction of sp³-hybridized carbons (Fsp3) is 0.786. The molecule has 0 spiro atoms. The molecule has 0 bridgehead atoms. The highest BCUT2D eigenvalue weighted by molar-refractivity contribution is 5.82. The summed E-state index contributed by atoms with van der Waals surface area (Å²) in [5.41, 5.74) is 0.166. The fourth-order valence-electron chi connectivity index (χ4n) is 2.52. The number of rotatable bonds is 9. The minimum Gasteiger partial charge on any atom is -0.481 e. The smallest absolute Gasteiger partial charge is 0.326 e. The van der Waals surface area contributed by atoms with Crippen LogP contribution in [-0.2, 0) is 9.59 Å². The van der Waals surface area contributed by atoms with Crippen molar-refractivity contribution in [2.24, 2.45) is 5.41 Å². The van der Waals surface area contributed by atoms with E-state index in [9.17, 15) is 14.4 Å². The summed E-state index contributed by atoms with van der Waals surface area (Å²) >= 11 is 0. The lowest BCUT2D eigenvalue weighted by molar-refractivity contribution is -0.140. The van der Waals surface area contributed by atoms with Crippen LogP contribution >= 0.6 is 0 Å². The molecule has 0 aromatic rings. The number of aliphatic carboxylic acids is 2. The summed E-state index contributed by atoms with van der Waals surface area (Å²) in [6.45, 7) is 2.64. The summed E-state index contributed by atoms with van der Waals surface area (Å²) in [4.78, 5) is 33.2. The first-order valence-electron chi connectivity index (χ1n) is 7.37. The average Bonchev–Trinajstić information content (AvgIpc) is 2.36. The van der Waals surface area contributed by atoms with Gasteiger partial charge in [0.1, 0.15) is 6.04 Å². The van der Waals surface area contributed by atoms with Gasteiger partial charge in [-0.2, -0.15) is 0 Å². The molecule has 0 aromatic carbocycles. The van der Waals surface area contributed by atoms with E-state index in [1.54, 1.807) is 0 Å². The van der Waals surface area contributed by atoms with E-state index >= 15 is 0 Å². The van der Waals surface area contributed by atoms with Crippen LogP contribution in [-0.4, -0.2) is 40.8 Å². The van der Waals surface area contributed by atoms with Gasteiger partial charge in [-0.05, 0) is 37.5 Å². The third-order valence-electron chi connectivity index (χ3n) is 4.28. The molecule has 0 heterocycles. The van der Waals surface area contributed by atoms with E-state index < -0.39 is 24.0 Å². The number of hydrogen-bond acceptors (Lipinski definition) is 3. The second-order valence-electron chi connectivity index (χ2n) is 5.71. The number of carbonyl (C=O) groups excluding carboxylic acids is 1. The summed E-state index contributed by atoms with van der Waals surface area (Å²) in [5, 5.41) is 22.7. The van der Waals surface area contributed by atoms with E-state index in [1.807, 2.05) is 0 Å². The molecule has 2 amide bonds. The molecule has 0 aromatic heterocycles. The molecule has 0 radical (unpaired) electrons. The summed E-state index contributed by atoms with van der Waals surface area (Å²) in [6, 6.07) is -1.55. The van der Waals surface area contributed by atoms with E-state index in [-0.39, 0.29) is 24.7 Å². The molecule has 1 atom stereocenters. The number of amides is 2. The Bertz CT molecular complexity index is 387. The highest BCUT2D eigenvalue weighted by Crippen LogP contribution is 2.42. The number of urea groups is 1. The van der Waals surface area contributed by atoms with Crippen molar-refractivity contribution >= 4 is 18.0 Å². The molecular weight excluding hydrogens is 276 g/mol. The first kappa shape index (κ1) is 17.3. The van der Waals surface area contributed by atoms with Gasteiger partial charge in [-0.15, -0.1) is 0 Å². The molecule has 1 aliphatic rings. The molecule has 120 valence electrons. The highest BCUT2D eigenvalue weighted by Gasteiger charge is 2.35. The van der Waals surface area contributed by atoms with Crippen LogP contribution in [0.3, 0.4) is 0 Å². The van der Waals surface area contributed by atoms with Gasteiger partial charge in [0, 0.05) is 13.0 Å². The van der Waals surface area contributed by atoms with Crippen molar-refractivity contribution < 1.29 is 24.6 Å². The Hall–Kier alpha value is -1.79. The molecule has 7 nitrogen and oxygen atoms in total. The summed E-state index contributed by atoms with van der Waals surface area (Å²) in [5.74, 6) is -2.12. The summed E-state index contributed by atoms with van der Waals surface area (Å²) in [7, 11) is 0. The molecule has 1 fully saturated rings. The van der Waals surface area contributed by atoms with Crippen LogP contribution in [0.4, 0.5) is 4.79 Å². The van der Waals surface area contributed by atoms with Crippen molar-refractivity contribution in [3.63, 3.8) is 0 Å².